The van der Waals surface area contributed by atoms with Crippen molar-refractivity contribution in [3.63, 3.8) is 0 Å². The molecule has 0 radical (unpaired) electrons. The number of carbonyl (C=O) groups is 5. The van der Waals surface area contributed by atoms with Crippen LogP contribution in [0, 0.1) is 37.5 Å². The summed E-state index contributed by atoms with van der Waals surface area (Å²) in [6, 6.07) is 32.9. The number of hydrogen-bond acceptors (Lipinski definition) is 9. The lowest BCUT2D eigenvalue weighted by atomic mass is 9.88. The van der Waals surface area contributed by atoms with Gasteiger partial charge in [-0.3, -0.25) is 19.2 Å². The number of aryl methyl sites for hydroxylation is 2. The third-order valence-electron chi connectivity index (χ3n) is 17.4. The van der Waals surface area contributed by atoms with E-state index in [9.17, 15) is 24.0 Å². The molecule has 84 heavy (non-hydrogen) atoms. The van der Waals surface area contributed by atoms with Gasteiger partial charge in [0.2, 0.25) is 11.8 Å². The quantitative estimate of drug-likeness (QED) is 0.123. The molecule has 6 aromatic rings. The highest BCUT2D eigenvalue weighted by atomic mass is 35.5. The van der Waals surface area contributed by atoms with Crippen LogP contribution in [0.4, 0.5) is 16.2 Å². The van der Waals surface area contributed by atoms with Gasteiger partial charge in [-0.25, -0.2) is 4.79 Å². The predicted octanol–water partition coefficient (Wildman–Crippen LogP) is 12.4. The molecule has 6 aromatic carbocycles. The van der Waals surface area contributed by atoms with E-state index < -0.39 is 17.8 Å². The summed E-state index contributed by atoms with van der Waals surface area (Å²) in [4.78, 5) is 76.1. The summed E-state index contributed by atoms with van der Waals surface area (Å²) >= 11 is 14.0. The van der Waals surface area contributed by atoms with Gasteiger partial charge >= 0.3 is 6.09 Å². The zero-order valence-corrected chi connectivity index (χ0v) is 50.4. The Morgan fingerprint density at radius 1 is 0.583 bits per heavy atom. The molecule has 6 aliphatic rings. The van der Waals surface area contributed by atoms with Crippen molar-refractivity contribution in [3.8, 4) is 33.8 Å². The van der Waals surface area contributed by atoms with Crippen LogP contribution >= 0.6 is 23.2 Å². The Kier molecular flexibility index (Phi) is 16.6. The lowest BCUT2D eigenvalue weighted by Crippen LogP contribution is -2.58. The number of fused-ring (bicyclic) bond motifs is 4. The second-order valence-corrected chi connectivity index (χ2v) is 25.5. The largest absolute Gasteiger partial charge is 0.478 e. The fourth-order valence-corrected chi connectivity index (χ4v) is 13.4. The maximum Gasteiger partial charge on any atom is 0.410 e. The Hall–Kier alpha value is -7.39. The Morgan fingerprint density at radius 3 is 1.39 bits per heavy atom. The average molecular weight is 1170 g/mol. The van der Waals surface area contributed by atoms with Crippen molar-refractivity contribution >= 4 is 85.8 Å². The van der Waals surface area contributed by atoms with E-state index in [1.54, 1.807) is 19.6 Å². The molecule has 14 nitrogen and oxygen atoms in total. The highest BCUT2D eigenvalue weighted by Gasteiger charge is 2.46. The summed E-state index contributed by atoms with van der Waals surface area (Å²) in [6.45, 7) is 23.1. The molecule has 0 saturated carbocycles. The molecule has 6 heterocycles. The highest BCUT2D eigenvalue weighted by molar-refractivity contribution is 6.35. The van der Waals surface area contributed by atoms with Crippen LogP contribution in [-0.2, 0) is 23.9 Å². The Morgan fingerprint density at radius 2 is 0.988 bits per heavy atom. The minimum Gasteiger partial charge on any atom is -0.478 e. The number of halogens is 2. The average Bonchev–Trinajstić information content (AvgIpc) is 2.70. The molecule has 5 amide bonds. The van der Waals surface area contributed by atoms with Crippen LogP contribution in [0.1, 0.15) is 57.6 Å². The molecule has 16 heteroatoms. The fraction of sp³-hybridized carbons (Fsp3) is 0.397. The first-order chi connectivity index (χ1) is 40.2. The van der Waals surface area contributed by atoms with Gasteiger partial charge in [-0.2, -0.15) is 0 Å². The molecule has 4 fully saturated rings. The van der Waals surface area contributed by atoms with Crippen LogP contribution in [-0.4, -0.2) is 140 Å². The number of likely N-dealkylation sites (tertiary alicyclic amines) is 4. The SMILES string of the molecule is C=CC(=O)N1CC(CN2C(=O)C(C3CCN(C(=O)OC(C)(C)C)CC3)Oc3cc(-c4cc(C)cc5ccccc45)c(Cl)cc32)C1.C=CC(=O)N1CC(CN2C(=O)C(C3CCN(C)CC3)Oc3cc(-c4cc(C)cc5ccccc45)c(Cl)cc32)C1. The number of piperidine rings is 2. The van der Waals surface area contributed by atoms with Crippen LogP contribution < -0.4 is 19.3 Å². The Labute approximate surface area is 502 Å². The monoisotopic (exact) mass is 1170 g/mol. The number of amides is 5. The first-order valence-corrected chi connectivity index (χ1v) is 30.1. The zero-order valence-electron chi connectivity index (χ0n) is 48.9. The van der Waals surface area contributed by atoms with Crippen molar-refractivity contribution in [1.82, 2.24) is 19.6 Å². The first-order valence-electron chi connectivity index (χ1n) is 29.4. The Balaban J connectivity index is 0.000000177. The van der Waals surface area contributed by atoms with Gasteiger partial charge in [0.1, 0.15) is 17.1 Å². The molecule has 0 aromatic heterocycles. The molecule has 2 atom stereocenters. The van der Waals surface area contributed by atoms with Gasteiger partial charge < -0.3 is 43.6 Å². The predicted molar refractivity (Wildman–Crippen MR) is 333 cm³/mol. The summed E-state index contributed by atoms with van der Waals surface area (Å²) in [7, 11) is 2.12. The standard InChI is InChI=1S/C36H40ClN3O5.C32H34ClN3O3/c1-6-32(41)39-19-23(20-39)21-40-30-18-29(37)28(27-16-22(2)15-25-9-7-8-10-26(25)27)17-31(30)44-33(34(40)42)24-11-13-38(14-12-24)35(43)45-36(3,4)5;1-4-30(37)35-17-21(18-35)19-36-28-16-27(33)26(25-14-20(2)13-23-7-5-6-8-24(23)25)15-29(28)39-31(32(36)38)22-9-11-34(3)12-10-22/h6-10,15-18,23-24,33H,1,11-14,19-21H2,2-5H3;4-8,13-16,21-22,31H,1,9-12,17-19H2,2-3H3. The maximum absolute atomic E-state index is 14.2. The Bertz CT molecular complexity index is 3590. The molecule has 438 valence electrons. The lowest BCUT2D eigenvalue weighted by Gasteiger charge is -2.45. The molecule has 0 spiro atoms. The second-order valence-electron chi connectivity index (χ2n) is 24.7. The van der Waals surface area contributed by atoms with E-state index in [0.717, 1.165) is 80.9 Å². The molecule has 2 unspecified atom stereocenters. The minimum absolute atomic E-state index is 0.00428. The number of anilines is 2. The summed E-state index contributed by atoms with van der Waals surface area (Å²) in [6.07, 6.45) is 4.18. The van der Waals surface area contributed by atoms with Crippen molar-refractivity contribution in [1.29, 1.82) is 0 Å². The van der Waals surface area contributed by atoms with E-state index in [4.69, 9.17) is 37.4 Å². The van der Waals surface area contributed by atoms with E-state index in [0.29, 0.717) is 98.1 Å². The normalized spacial score (nSPS) is 19.8. The zero-order chi connectivity index (χ0) is 59.3. The number of rotatable bonds is 10. The first kappa shape index (κ1) is 58.4. The van der Waals surface area contributed by atoms with Crippen LogP contribution in [0.15, 0.2) is 122 Å². The van der Waals surface area contributed by atoms with E-state index in [-0.39, 0.29) is 53.4 Å². The summed E-state index contributed by atoms with van der Waals surface area (Å²) < 4.78 is 18.7. The summed E-state index contributed by atoms with van der Waals surface area (Å²) in [5.41, 5.74) is 6.86. The third-order valence-corrected chi connectivity index (χ3v) is 18.0. The smallest absolute Gasteiger partial charge is 0.410 e. The number of nitrogens with zero attached hydrogens (tertiary/aromatic N) is 6. The van der Waals surface area contributed by atoms with Gasteiger partial charge in [-0.15, -0.1) is 0 Å². The van der Waals surface area contributed by atoms with Crippen LogP contribution in [0.2, 0.25) is 10.0 Å². The third kappa shape index (κ3) is 12.0. The van der Waals surface area contributed by atoms with Crippen molar-refractivity contribution in [2.45, 2.75) is 78.1 Å². The number of carbonyl (C=O) groups excluding carboxylic acids is 5. The van der Waals surface area contributed by atoms with Crippen molar-refractivity contribution in [2.24, 2.45) is 23.7 Å². The van der Waals surface area contributed by atoms with Crippen molar-refractivity contribution in [3.05, 3.63) is 144 Å². The molecule has 0 aliphatic carbocycles. The maximum atomic E-state index is 14.2. The number of ether oxygens (including phenoxy) is 3. The lowest BCUT2D eigenvalue weighted by molar-refractivity contribution is -0.134. The van der Waals surface area contributed by atoms with Gasteiger partial charge in [0.15, 0.2) is 12.2 Å². The van der Waals surface area contributed by atoms with Gasteiger partial charge in [0, 0.05) is 87.2 Å². The van der Waals surface area contributed by atoms with Gasteiger partial charge in [-0.1, -0.05) is 109 Å². The van der Waals surface area contributed by atoms with Crippen molar-refractivity contribution < 1.29 is 38.2 Å². The molecule has 12 rings (SSSR count). The second kappa shape index (κ2) is 23.9. The molecule has 4 saturated heterocycles. The van der Waals surface area contributed by atoms with Crippen LogP contribution in [0.5, 0.6) is 11.5 Å². The molecular formula is C68H74Cl2N6O8. The van der Waals surface area contributed by atoms with Gasteiger partial charge in [0.25, 0.3) is 11.8 Å². The van der Waals surface area contributed by atoms with E-state index in [2.05, 4.69) is 87.5 Å². The molecule has 6 aliphatic heterocycles. The summed E-state index contributed by atoms with van der Waals surface area (Å²) in [5.74, 6) is 1.41. The van der Waals surface area contributed by atoms with Gasteiger partial charge in [-0.05, 0) is 161 Å². The van der Waals surface area contributed by atoms with E-state index >= 15 is 0 Å². The van der Waals surface area contributed by atoms with Crippen LogP contribution in [0.25, 0.3) is 43.8 Å². The highest BCUT2D eigenvalue weighted by Crippen LogP contribution is 2.48. The van der Waals surface area contributed by atoms with Gasteiger partial charge in [0.05, 0.1) is 21.4 Å². The van der Waals surface area contributed by atoms with E-state index in [1.807, 2.05) is 74.2 Å². The number of benzene rings is 6. The van der Waals surface area contributed by atoms with Crippen LogP contribution in [0.3, 0.4) is 0 Å². The molecular weight excluding hydrogens is 1100 g/mol. The topological polar surface area (TPSA) is 132 Å². The minimum atomic E-state index is -0.701. The number of hydrogen-bond donors (Lipinski definition) is 0. The van der Waals surface area contributed by atoms with E-state index in [1.165, 1.54) is 12.2 Å². The fourth-order valence-electron chi connectivity index (χ4n) is 12.9. The molecule has 0 bridgehead atoms. The van der Waals surface area contributed by atoms with Crippen molar-refractivity contribution in [2.75, 3.05) is 82.3 Å². The molecule has 0 N–H and O–H groups in total. The summed E-state index contributed by atoms with van der Waals surface area (Å²) in [5, 5.41) is 5.61.